The summed E-state index contributed by atoms with van der Waals surface area (Å²) in [5.74, 6) is -0.0258. The van der Waals surface area contributed by atoms with Crippen molar-refractivity contribution >= 4 is 22.5 Å². The molecule has 1 aliphatic rings. The van der Waals surface area contributed by atoms with Gasteiger partial charge in [-0.15, -0.1) is 0 Å². The SMILES string of the molecule is CC(=O)NC1=C(c2ccnc3[nH]ccc23)C=CCC1. The first-order valence-corrected chi connectivity index (χ1v) is 6.35. The molecule has 3 rings (SSSR count). The van der Waals surface area contributed by atoms with Crippen molar-refractivity contribution < 1.29 is 4.79 Å². The van der Waals surface area contributed by atoms with Gasteiger partial charge in [0.1, 0.15) is 5.65 Å². The number of hydrogen-bond donors (Lipinski definition) is 2. The highest BCUT2D eigenvalue weighted by atomic mass is 16.1. The molecular weight excluding hydrogens is 238 g/mol. The summed E-state index contributed by atoms with van der Waals surface area (Å²) in [6.45, 7) is 1.54. The van der Waals surface area contributed by atoms with E-state index in [9.17, 15) is 4.79 Å². The number of allylic oxidation sites excluding steroid dienone is 4. The average Bonchev–Trinajstić information content (AvgIpc) is 2.87. The monoisotopic (exact) mass is 253 g/mol. The van der Waals surface area contributed by atoms with Gasteiger partial charge in [-0.2, -0.15) is 0 Å². The van der Waals surface area contributed by atoms with Crippen LogP contribution in [-0.2, 0) is 4.79 Å². The van der Waals surface area contributed by atoms with Gasteiger partial charge in [0.2, 0.25) is 5.91 Å². The van der Waals surface area contributed by atoms with Crippen LogP contribution >= 0.6 is 0 Å². The molecule has 1 amide bonds. The van der Waals surface area contributed by atoms with E-state index in [2.05, 4.69) is 27.4 Å². The number of nitrogens with zero attached hydrogens (tertiary/aromatic N) is 1. The van der Waals surface area contributed by atoms with Gasteiger partial charge in [0.15, 0.2) is 0 Å². The molecular formula is C15H15N3O. The number of carbonyl (C=O) groups excluding carboxylic acids is 1. The van der Waals surface area contributed by atoms with Gasteiger partial charge in [0.25, 0.3) is 0 Å². The Kier molecular flexibility index (Phi) is 2.91. The van der Waals surface area contributed by atoms with Crippen LogP contribution in [0.5, 0.6) is 0 Å². The molecule has 2 N–H and O–H groups in total. The quantitative estimate of drug-likeness (QED) is 0.864. The van der Waals surface area contributed by atoms with Crippen molar-refractivity contribution in [3.63, 3.8) is 0 Å². The van der Waals surface area contributed by atoms with Crippen molar-refractivity contribution in [1.82, 2.24) is 15.3 Å². The molecule has 0 radical (unpaired) electrons. The topological polar surface area (TPSA) is 57.8 Å². The zero-order chi connectivity index (χ0) is 13.2. The molecule has 0 unspecified atom stereocenters. The first-order valence-electron chi connectivity index (χ1n) is 6.35. The number of carbonyl (C=O) groups is 1. The van der Waals surface area contributed by atoms with Crippen molar-refractivity contribution in [3.8, 4) is 0 Å². The Labute approximate surface area is 111 Å². The summed E-state index contributed by atoms with van der Waals surface area (Å²) in [6.07, 6.45) is 9.71. The maximum Gasteiger partial charge on any atom is 0.221 e. The standard InChI is InChI=1S/C15H15N3O/c1-10(19)18-14-5-3-2-4-12(14)11-6-8-16-15-13(11)7-9-17-15/h2,4,6-9H,3,5H2,1H3,(H,16,17)(H,18,19). The Morgan fingerprint density at radius 1 is 1.42 bits per heavy atom. The fraction of sp³-hybridized carbons (Fsp3) is 0.200. The van der Waals surface area contributed by atoms with E-state index >= 15 is 0 Å². The first kappa shape index (κ1) is 11.7. The van der Waals surface area contributed by atoms with Crippen LogP contribution in [0.25, 0.3) is 16.6 Å². The van der Waals surface area contributed by atoms with Crippen LogP contribution in [0, 0.1) is 0 Å². The Bertz CT molecular complexity index is 694. The number of H-pyrrole nitrogens is 1. The summed E-state index contributed by atoms with van der Waals surface area (Å²) in [5, 5.41) is 4.02. The van der Waals surface area contributed by atoms with Gasteiger partial charge in [0, 0.05) is 36.0 Å². The summed E-state index contributed by atoms with van der Waals surface area (Å²) >= 11 is 0. The lowest BCUT2D eigenvalue weighted by molar-refractivity contribution is -0.118. The Morgan fingerprint density at radius 3 is 3.16 bits per heavy atom. The molecule has 0 saturated carbocycles. The van der Waals surface area contributed by atoms with E-state index in [-0.39, 0.29) is 5.91 Å². The van der Waals surface area contributed by atoms with Crippen molar-refractivity contribution in [3.05, 3.63) is 47.9 Å². The maximum atomic E-state index is 11.3. The summed E-state index contributed by atoms with van der Waals surface area (Å²) < 4.78 is 0. The normalized spacial score (nSPS) is 15.0. The molecule has 0 aromatic carbocycles. The van der Waals surface area contributed by atoms with Gasteiger partial charge in [-0.05, 0) is 30.5 Å². The van der Waals surface area contributed by atoms with Crippen LogP contribution < -0.4 is 5.32 Å². The molecule has 0 saturated heterocycles. The van der Waals surface area contributed by atoms with Crippen molar-refractivity contribution in [2.75, 3.05) is 0 Å². The van der Waals surface area contributed by atoms with Crippen LogP contribution in [0.15, 0.2) is 42.4 Å². The molecule has 2 aromatic heterocycles. The number of amides is 1. The molecule has 0 spiro atoms. The van der Waals surface area contributed by atoms with E-state index < -0.39 is 0 Å². The van der Waals surface area contributed by atoms with Crippen molar-refractivity contribution in [2.24, 2.45) is 0 Å². The summed E-state index contributed by atoms with van der Waals surface area (Å²) in [6, 6.07) is 4.00. The van der Waals surface area contributed by atoms with Gasteiger partial charge >= 0.3 is 0 Å². The van der Waals surface area contributed by atoms with E-state index in [0.29, 0.717) is 0 Å². The molecule has 4 heteroatoms. The van der Waals surface area contributed by atoms with Crippen molar-refractivity contribution in [1.29, 1.82) is 0 Å². The van der Waals surface area contributed by atoms with Crippen LogP contribution in [0.1, 0.15) is 25.3 Å². The number of hydrogen-bond acceptors (Lipinski definition) is 2. The largest absolute Gasteiger partial charge is 0.346 e. The zero-order valence-electron chi connectivity index (χ0n) is 10.7. The van der Waals surface area contributed by atoms with Crippen LogP contribution in [-0.4, -0.2) is 15.9 Å². The number of aromatic amines is 1. The number of fused-ring (bicyclic) bond motifs is 1. The van der Waals surface area contributed by atoms with Gasteiger partial charge in [-0.25, -0.2) is 4.98 Å². The predicted molar refractivity (Wildman–Crippen MR) is 75.2 cm³/mol. The van der Waals surface area contributed by atoms with Gasteiger partial charge in [-0.3, -0.25) is 4.79 Å². The van der Waals surface area contributed by atoms with Gasteiger partial charge in [0.05, 0.1) is 0 Å². The highest BCUT2D eigenvalue weighted by Crippen LogP contribution is 2.30. The molecule has 2 aromatic rings. The highest BCUT2D eigenvalue weighted by Gasteiger charge is 2.14. The van der Waals surface area contributed by atoms with E-state index in [1.54, 1.807) is 13.1 Å². The third kappa shape index (κ3) is 2.17. The lowest BCUT2D eigenvalue weighted by Gasteiger charge is -2.17. The van der Waals surface area contributed by atoms with E-state index in [1.807, 2.05) is 18.3 Å². The Balaban J connectivity index is 2.17. The Hall–Kier alpha value is -2.36. The lowest BCUT2D eigenvalue weighted by Crippen LogP contribution is -2.21. The van der Waals surface area contributed by atoms with E-state index in [4.69, 9.17) is 0 Å². The molecule has 19 heavy (non-hydrogen) atoms. The highest BCUT2D eigenvalue weighted by molar-refractivity contribution is 5.95. The molecule has 96 valence electrons. The summed E-state index contributed by atoms with van der Waals surface area (Å²) in [5.41, 5.74) is 4.04. The molecule has 0 atom stereocenters. The van der Waals surface area contributed by atoms with Crippen LogP contribution in [0.4, 0.5) is 0 Å². The molecule has 0 aliphatic heterocycles. The molecule has 0 bridgehead atoms. The smallest absolute Gasteiger partial charge is 0.221 e. The van der Waals surface area contributed by atoms with Gasteiger partial charge in [-0.1, -0.05) is 12.2 Å². The molecule has 1 aliphatic carbocycles. The molecule has 4 nitrogen and oxygen atoms in total. The second-order valence-electron chi connectivity index (χ2n) is 4.61. The summed E-state index contributed by atoms with van der Waals surface area (Å²) in [4.78, 5) is 18.7. The van der Waals surface area contributed by atoms with Crippen LogP contribution in [0.2, 0.25) is 0 Å². The number of rotatable bonds is 2. The second-order valence-corrected chi connectivity index (χ2v) is 4.61. The number of nitrogens with one attached hydrogen (secondary N) is 2. The minimum Gasteiger partial charge on any atom is -0.346 e. The van der Waals surface area contributed by atoms with Crippen molar-refractivity contribution in [2.45, 2.75) is 19.8 Å². The molecule has 0 fully saturated rings. The van der Waals surface area contributed by atoms with Crippen LogP contribution in [0.3, 0.4) is 0 Å². The van der Waals surface area contributed by atoms with E-state index in [0.717, 1.165) is 40.7 Å². The Morgan fingerprint density at radius 2 is 2.32 bits per heavy atom. The fourth-order valence-corrected chi connectivity index (χ4v) is 2.45. The number of aromatic nitrogens is 2. The minimum absolute atomic E-state index is 0.0258. The third-order valence-corrected chi connectivity index (χ3v) is 3.25. The lowest BCUT2D eigenvalue weighted by atomic mass is 9.95. The van der Waals surface area contributed by atoms with E-state index in [1.165, 1.54) is 0 Å². The fourth-order valence-electron chi connectivity index (χ4n) is 2.45. The minimum atomic E-state index is -0.0258. The predicted octanol–water partition coefficient (Wildman–Crippen LogP) is 2.76. The third-order valence-electron chi connectivity index (χ3n) is 3.25. The second kappa shape index (κ2) is 4.72. The summed E-state index contributed by atoms with van der Waals surface area (Å²) in [7, 11) is 0. The average molecular weight is 253 g/mol. The van der Waals surface area contributed by atoms with Gasteiger partial charge < -0.3 is 10.3 Å². The number of pyridine rings is 1. The first-order chi connectivity index (χ1) is 9.25. The zero-order valence-corrected chi connectivity index (χ0v) is 10.7. The molecule has 2 heterocycles. The maximum absolute atomic E-state index is 11.3.